The first kappa shape index (κ1) is 10.0. The smallest absolute Gasteiger partial charge is 0.0779 e. The van der Waals surface area contributed by atoms with Crippen LogP contribution >= 0.6 is 0 Å². The number of nitrogens with two attached hydrogens (primary N) is 1. The van der Waals surface area contributed by atoms with E-state index < -0.39 is 0 Å². The van der Waals surface area contributed by atoms with Crippen molar-refractivity contribution in [2.75, 3.05) is 6.61 Å². The Hall–Kier alpha value is -0.0800. The highest BCUT2D eigenvalue weighted by Gasteiger charge is 2.35. The molecule has 0 spiro atoms. The first-order valence-corrected chi connectivity index (χ1v) is 4.97. The van der Waals surface area contributed by atoms with Gasteiger partial charge in [0.1, 0.15) is 0 Å². The van der Waals surface area contributed by atoms with E-state index in [4.69, 9.17) is 10.5 Å². The standard InChI is InChI=1S/C10H21NO/c1-4-12-10(2,3)9(11)8-6-5-7-8/h8-9H,4-7,11H2,1-3H3. The number of hydrogen-bond donors (Lipinski definition) is 1. The van der Waals surface area contributed by atoms with Crippen molar-refractivity contribution in [2.45, 2.75) is 51.7 Å². The molecule has 1 aliphatic carbocycles. The molecule has 1 rings (SSSR count). The van der Waals surface area contributed by atoms with E-state index in [0.717, 1.165) is 6.61 Å². The van der Waals surface area contributed by atoms with Gasteiger partial charge in [-0.1, -0.05) is 6.42 Å². The Morgan fingerprint density at radius 2 is 2.08 bits per heavy atom. The van der Waals surface area contributed by atoms with E-state index in [1.54, 1.807) is 0 Å². The quantitative estimate of drug-likeness (QED) is 0.701. The molecule has 0 radical (unpaired) electrons. The van der Waals surface area contributed by atoms with E-state index >= 15 is 0 Å². The van der Waals surface area contributed by atoms with E-state index in [1.807, 2.05) is 6.92 Å². The molecule has 2 N–H and O–H groups in total. The molecule has 0 aromatic rings. The monoisotopic (exact) mass is 171 g/mol. The lowest BCUT2D eigenvalue weighted by atomic mass is 9.74. The molecule has 1 unspecified atom stereocenters. The lowest BCUT2D eigenvalue weighted by Crippen LogP contribution is -2.51. The number of hydrogen-bond acceptors (Lipinski definition) is 2. The van der Waals surface area contributed by atoms with Gasteiger partial charge in [0.15, 0.2) is 0 Å². The van der Waals surface area contributed by atoms with Crippen LogP contribution in [0.15, 0.2) is 0 Å². The molecule has 0 saturated heterocycles. The topological polar surface area (TPSA) is 35.2 Å². The van der Waals surface area contributed by atoms with Crippen LogP contribution in [-0.2, 0) is 4.74 Å². The summed E-state index contributed by atoms with van der Waals surface area (Å²) in [7, 11) is 0. The zero-order chi connectivity index (χ0) is 9.19. The molecule has 0 aromatic carbocycles. The minimum Gasteiger partial charge on any atom is -0.374 e. The van der Waals surface area contributed by atoms with Gasteiger partial charge in [0.05, 0.1) is 5.60 Å². The highest BCUT2D eigenvalue weighted by Crippen LogP contribution is 2.34. The number of rotatable bonds is 4. The molecule has 0 aromatic heterocycles. The Labute approximate surface area is 75.5 Å². The molecule has 1 aliphatic rings. The second-order valence-electron chi connectivity index (χ2n) is 4.25. The van der Waals surface area contributed by atoms with Crippen LogP contribution in [-0.4, -0.2) is 18.2 Å². The van der Waals surface area contributed by atoms with Gasteiger partial charge in [0.2, 0.25) is 0 Å². The lowest BCUT2D eigenvalue weighted by molar-refractivity contribution is -0.0515. The number of ether oxygens (including phenoxy) is 1. The summed E-state index contributed by atoms with van der Waals surface area (Å²) in [5.41, 5.74) is 5.98. The Morgan fingerprint density at radius 1 is 1.50 bits per heavy atom. The van der Waals surface area contributed by atoms with Crippen LogP contribution in [0.4, 0.5) is 0 Å². The van der Waals surface area contributed by atoms with E-state index in [0.29, 0.717) is 5.92 Å². The summed E-state index contributed by atoms with van der Waals surface area (Å²) in [6, 6.07) is 0.214. The Balaban J connectivity index is 2.41. The molecular weight excluding hydrogens is 150 g/mol. The van der Waals surface area contributed by atoms with Crippen molar-refractivity contribution in [2.24, 2.45) is 11.7 Å². The van der Waals surface area contributed by atoms with E-state index in [2.05, 4.69) is 13.8 Å². The largest absolute Gasteiger partial charge is 0.374 e. The van der Waals surface area contributed by atoms with E-state index in [1.165, 1.54) is 19.3 Å². The summed E-state index contributed by atoms with van der Waals surface area (Å²) < 4.78 is 5.62. The predicted octanol–water partition coefficient (Wildman–Crippen LogP) is 1.93. The normalized spacial score (nSPS) is 22.0. The van der Waals surface area contributed by atoms with Crippen molar-refractivity contribution in [3.63, 3.8) is 0 Å². The first-order valence-electron chi connectivity index (χ1n) is 4.97. The fraction of sp³-hybridized carbons (Fsp3) is 1.00. The van der Waals surface area contributed by atoms with Gasteiger partial charge in [-0.25, -0.2) is 0 Å². The third kappa shape index (κ3) is 1.99. The second-order valence-corrected chi connectivity index (χ2v) is 4.25. The maximum Gasteiger partial charge on any atom is 0.0779 e. The SMILES string of the molecule is CCOC(C)(C)C(N)C1CCC1. The van der Waals surface area contributed by atoms with Gasteiger partial charge >= 0.3 is 0 Å². The second kappa shape index (κ2) is 3.75. The van der Waals surface area contributed by atoms with Gasteiger partial charge in [-0.05, 0) is 39.5 Å². The van der Waals surface area contributed by atoms with Gasteiger partial charge in [0, 0.05) is 12.6 Å². The summed E-state index contributed by atoms with van der Waals surface area (Å²) in [6.45, 7) is 6.97. The van der Waals surface area contributed by atoms with Crippen molar-refractivity contribution < 1.29 is 4.74 Å². The summed E-state index contributed by atoms with van der Waals surface area (Å²) in [5, 5.41) is 0. The molecule has 0 aliphatic heterocycles. The fourth-order valence-corrected chi connectivity index (χ4v) is 1.83. The Kier molecular flexibility index (Phi) is 3.13. The lowest BCUT2D eigenvalue weighted by Gasteiger charge is -2.40. The predicted molar refractivity (Wildman–Crippen MR) is 51.0 cm³/mol. The molecule has 12 heavy (non-hydrogen) atoms. The highest BCUT2D eigenvalue weighted by atomic mass is 16.5. The molecule has 1 atom stereocenters. The molecule has 72 valence electrons. The Morgan fingerprint density at radius 3 is 2.42 bits per heavy atom. The Bertz CT molecular complexity index is 141. The average molecular weight is 171 g/mol. The molecule has 1 fully saturated rings. The first-order chi connectivity index (χ1) is 5.58. The van der Waals surface area contributed by atoms with Gasteiger partial charge in [-0.3, -0.25) is 0 Å². The maximum absolute atomic E-state index is 6.12. The molecule has 1 saturated carbocycles. The van der Waals surface area contributed by atoms with Crippen LogP contribution in [0.3, 0.4) is 0 Å². The minimum absolute atomic E-state index is 0.139. The van der Waals surface area contributed by atoms with Crippen LogP contribution in [0.1, 0.15) is 40.0 Å². The average Bonchev–Trinajstić information content (AvgIpc) is 1.83. The zero-order valence-electron chi connectivity index (χ0n) is 8.47. The maximum atomic E-state index is 6.12. The van der Waals surface area contributed by atoms with E-state index in [9.17, 15) is 0 Å². The highest BCUT2D eigenvalue weighted by molar-refractivity contribution is 4.91. The van der Waals surface area contributed by atoms with Crippen molar-refractivity contribution in [3.8, 4) is 0 Å². The molecule has 2 heteroatoms. The third-order valence-corrected chi connectivity index (χ3v) is 2.98. The van der Waals surface area contributed by atoms with Crippen molar-refractivity contribution >= 4 is 0 Å². The molecular formula is C10H21NO. The van der Waals surface area contributed by atoms with Crippen LogP contribution in [0.5, 0.6) is 0 Å². The molecule has 0 bridgehead atoms. The third-order valence-electron chi connectivity index (χ3n) is 2.98. The van der Waals surface area contributed by atoms with Crippen molar-refractivity contribution in [1.29, 1.82) is 0 Å². The summed E-state index contributed by atoms with van der Waals surface area (Å²) in [4.78, 5) is 0. The summed E-state index contributed by atoms with van der Waals surface area (Å²) in [5.74, 6) is 0.701. The van der Waals surface area contributed by atoms with Crippen LogP contribution in [0, 0.1) is 5.92 Å². The molecule has 0 amide bonds. The van der Waals surface area contributed by atoms with Crippen LogP contribution < -0.4 is 5.73 Å². The van der Waals surface area contributed by atoms with Gasteiger partial charge in [0.25, 0.3) is 0 Å². The van der Waals surface area contributed by atoms with E-state index in [-0.39, 0.29) is 11.6 Å². The van der Waals surface area contributed by atoms with Crippen molar-refractivity contribution in [3.05, 3.63) is 0 Å². The summed E-state index contributed by atoms with van der Waals surface area (Å²) in [6.07, 6.45) is 3.93. The van der Waals surface area contributed by atoms with Crippen LogP contribution in [0.25, 0.3) is 0 Å². The fourth-order valence-electron chi connectivity index (χ4n) is 1.83. The zero-order valence-corrected chi connectivity index (χ0v) is 8.47. The summed E-state index contributed by atoms with van der Waals surface area (Å²) >= 11 is 0. The van der Waals surface area contributed by atoms with Gasteiger partial charge in [-0.2, -0.15) is 0 Å². The van der Waals surface area contributed by atoms with Gasteiger partial charge in [-0.15, -0.1) is 0 Å². The van der Waals surface area contributed by atoms with Crippen molar-refractivity contribution in [1.82, 2.24) is 0 Å². The van der Waals surface area contributed by atoms with Gasteiger partial charge < -0.3 is 10.5 Å². The van der Waals surface area contributed by atoms with Crippen LogP contribution in [0.2, 0.25) is 0 Å². The molecule has 0 heterocycles. The minimum atomic E-state index is -0.139. The molecule has 2 nitrogen and oxygen atoms in total.